The Labute approximate surface area is 178 Å². The number of carbonyl (C=O) groups is 1. The normalized spacial score (nSPS) is 14.2. The quantitative estimate of drug-likeness (QED) is 0.404. The van der Waals surface area contributed by atoms with Gasteiger partial charge in [0.2, 0.25) is 0 Å². The van der Waals surface area contributed by atoms with Gasteiger partial charge in [-0.1, -0.05) is 31.4 Å². The summed E-state index contributed by atoms with van der Waals surface area (Å²) in [6.45, 7) is 0. The lowest BCUT2D eigenvalue weighted by molar-refractivity contribution is -0.141. The van der Waals surface area contributed by atoms with E-state index in [9.17, 15) is 14.3 Å². The first kappa shape index (κ1) is 22.3. The van der Waals surface area contributed by atoms with Crippen LogP contribution in [0.4, 0.5) is 4.39 Å². The molecule has 0 unspecified atom stereocenters. The van der Waals surface area contributed by atoms with Gasteiger partial charge in [-0.15, -0.1) is 0 Å². The van der Waals surface area contributed by atoms with Crippen LogP contribution in [0.15, 0.2) is 30.3 Å². The zero-order chi connectivity index (χ0) is 21.3. The Balaban J connectivity index is 1.44. The van der Waals surface area contributed by atoms with Crippen LogP contribution in [0.3, 0.4) is 0 Å². The third-order valence-electron chi connectivity index (χ3n) is 6.06. The molecular weight excluding hydrogens is 381 g/mol. The highest BCUT2D eigenvalue weighted by Gasteiger charge is 2.18. The zero-order valence-electron chi connectivity index (χ0n) is 17.8. The van der Waals surface area contributed by atoms with Crippen molar-refractivity contribution in [3.05, 3.63) is 58.7 Å². The number of benzene rings is 1. The Morgan fingerprint density at radius 1 is 1.13 bits per heavy atom. The molecule has 4 nitrogen and oxygen atoms in total. The summed E-state index contributed by atoms with van der Waals surface area (Å²) in [5.41, 5.74) is 4.64. The minimum Gasteiger partial charge on any atom is -0.505 e. The predicted molar refractivity (Wildman–Crippen MR) is 115 cm³/mol. The lowest BCUT2D eigenvalue weighted by Crippen LogP contribution is -2.09. The van der Waals surface area contributed by atoms with E-state index in [4.69, 9.17) is 9.72 Å². The van der Waals surface area contributed by atoms with Crippen molar-refractivity contribution >= 4 is 5.97 Å². The van der Waals surface area contributed by atoms with Crippen LogP contribution in [-0.4, -0.2) is 23.2 Å². The summed E-state index contributed by atoms with van der Waals surface area (Å²) in [6, 6.07) is 8.79. The molecule has 0 aliphatic heterocycles. The third kappa shape index (κ3) is 6.28. The van der Waals surface area contributed by atoms with Gasteiger partial charge in [0.1, 0.15) is 0 Å². The summed E-state index contributed by atoms with van der Waals surface area (Å²) in [5.74, 6) is -1.42. The molecule has 0 radical (unpaired) electrons. The van der Waals surface area contributed by atoms with Crippen molar-refractivity contribution in [3.63, 3.8) is 0 Å². The Morgan fingerprint density at radius 3 is 2.73 bits per heavy atom. The number of methoxy groups -OCH3 is 1. The summed E-state index contributed by atoms with van der Waals surface area (Å²) < 4.78 is 18.5. The number of hydrogen-bond donors (Lipinski definition) is 1. The number of aryl methyl sites for hydroxylation is 3. The number of carbonyl (C=O) groups excluding carboxylic acids is 1. The average Bonchev–Trinajstić information content (AvgIpc) is 2.76. The van der Waals surface area contributed by atoms with E-state index in [1.54, 1.807) is 6.07 Å². The second-order valence-electron chi connectivity index (χ2n) is 8.26. The van der Waals surface area contributed by atoms with Crippen LogP contribution in [0.25, 0.3) is 0 Å². The molecule has 1 aromatic heterocycles. The number of hydrogen-bond acceptors (Lipinski definition) is 4. The number of phenols is 1. The van der Waals surface area contributed by atoms with Gasteiger partial charge in [0, 0.05) is 11.4 Å². The molecule has 0 amide bonds. The maximum atomic E-state index is 13.7. The maximum absolute atomic E-state index is 13.7. The van der Waals surface area contributed by atoms with E-state index in [0.717, 1.165) is 50.5 Å². The van der Waals surface area contributed by atoms with Gasteiger partial charge in [-0.25, -0.2) is 4.39 Å². The largest absolute Gasteiger partial charge is 0.505 e. The SMILES string of the molecule is COC(=O)C[C@H](CCCCCCc1ccc2c(n1)CCCC2)c1ccc(O)c(F)c1. The first-order valence-electron chi connectivity index (χ1n) is 11.1. The first-order valence-corrected chi connectivity index (χ1v) is 11.1. The van der Waals surface area contributed by atoms with Gasteiger partial charge in [0.25, 0.3) is 0 Å². The fourth-order valence-electron chi connectivity index (χ4n) is 4.27. The number of fused-ring (bicyclic) bond motifs is 1. The van der Waals surface area contributed by atoms with E-state index in [1.165, 1.54) is 55.5 Å². The number of rotatable bonds is 10. The molecule has 0 bridgehead atoms. The fourth-order valence-corrected chi connectivity index (χ4v) is 4.27. The van der Waals surface area contributed by atoms with Gasteiger partial charge in [0.15, 0.2) is 11.6 Å². The minimum absolute atomic E-state index is 0.102. The molecule has 1 aromatic carbocycles. The zero-order valence-corrected chi connectivity index (χ0v) is 17.8. The lowest BCUT2D eigenvalue weighted by Gasteiger charge is -2.17. The molecule has 1 atom stereocenters. The predicted octanol–water partition coefficient (Wildman–Crippen LogP) is 5.65. The van der Waals surface area contributed by atoms with Gasteiger partial charge in [-0.05, 0) is 80.2 Å². The number of aromatic nitrogens is 1. The van der Waals surface area contributed by atoms with Gasteiger partial charge < -0.3 is 9.84 Å². The van der Waals surface area contributed by atoms with Crippen molar-refractivity contribution in [2.75, 3.05) is 7.11 Å². The van der Waals surface area contributed by atoms with E-state index in [-0.39, 0.29) is 24.1 Å². The highest BCUT2D eigenvalue weighted by atomic mass is 19.1. The number of unbranched alkanes of at least 4 members (excludes halogenated alkanes) is 3. The Morgan fingerprint density at radius 2 is 1.93 bits per heavy atom. The topological polar surface area (TPSA) is 59.4 Å². The summed E-state index contributed by atoms with van der Waals surface area (Å²) >= 11 is 0. The monoisotopic (exact) mass is 413 g/mol. The van der Waals surface area contributed by atoms with Gasteiger partial charge in [-0.2, -0.15) is 0 Å². The number of pyridine rings is 1. The van der Waals surface area contributed by atoms with Crippen LogP contribution >= 0.6 is 0 Å². The van der Waals surface area contributed by atoms with Crippen molar-refractivity contribution in [1.82, 2.24) is 4.98 Å². The van der Waals surface area contributed by atoms with E-state index < -0.39 is 5.82 Å². The molecule has 0 saturated heterocycles. The van der Waals surface area contributed by atoms with Crippen LogP contribution in [0, 0.1) is 5.82 Å². The molecule has 1 N–H and O–H groups in total. The van der Waals surface area contributed by atoms with E-state index in [0.29, 0.717) is 0 Å². The molecular formula is C25H32FNO3. The Hall–Kier alpha value is -2.43. The number of aromatic hydroxyl groups is 1. The van der Waals surface area contributed by atoms with Gasteiger partial charge in [-0.3, -0.25) is 9.78 Å². The third-order valence-corrected chi connectivity index (χ3v) is 6.06. The van der Waals surface area contributed by atoms with Crippen LogP contribution in [0.1, 0.15) is 79.8 Å². The van der Waals surface area contributed by atoms with E-state index in [2.05, 4.69) is 12.1 Å². The summed E-state index contributed by atoms with van der Waals surface area (Å²) in [4.78, 5) is 16.6. The molecule has 30 heavy (non-hydrogen) atoms. The van der Waals surface area contributed by atoms with Crippen LogP contribution in [0.2, 0.25) is 0 Å². The van der Waals surface area contributed by atoms with E-state index in [1.807, 2.05) is 0 Å². The van der Waals surface area contributed by atoms with E-state index >= 15 is 0 Å². The lowest BCUT2D eigenvalue weighted by atomic mass is 9.90. The van der Waals surface area contributed by atoms with Gasteiger partial charge >= 0.3 is 5.97 Å². The molecule has 0 spiro atoms. The van der Waals surface area contributed by atoms with Crippen molar-refractivity contribution in [2.24, 2.45) is 0 Å². The van der Waals surface area contributed by atoms with Crippen molar-refractivity contribution in [2.45, 2.75) is 76.5 Å². The summed E-state index contributed by atoms with van der Waals surface area (Å²) in [6.07, 6.45) is 11.0. The molecule has 5 heteroatoms. The smallest absolute Gasteiger partial charge is 0.306 e. The fraction of sp³-hybridized carbons (Fsp3) is 0.520. The Bertz CT molecular complexity index is 852. The summed E-state index contributed by atoms with van der Waals surface area (Å²) in [5, 5.41) is 9.41. The van der Waals surface area contributed by atoms with Crippen molar-refractivity contribution < 1.29 is 19.0 Å². The molecule has 3 rings (SSSR count). The molecule has 1 aliphatic carbocycles. The summed E-state index contributed by atoms with van der Waals surface area (Å²) in [7, 11) is 1.37. The second-order valence-corrected chi connectivity index (χ2v) is 8.26. The van der Waals surface area contributed by atoms with Crippen LogP contribution < -0.4 is 0 Å². The van der Waals surface area contributed by atoms with Crippen molar-refractivity contribution in [1.29, 1.82) is 0 Å². The average molecular weight is 414 g/mol. The number of ether oxygens (including phenoxy) is 1. The molecule has 2 aromatic rings. The highest BCUT2D eigenvalue weighted by Crippen LogP contribution is 2.29. The molecule has 1 aliphatic rings. The molecule has 0 saturated carbocycles. The van der Waals surface area contributed by atoms with Crippen LogP contribution in [0.5, 0.6) is 5.75 Å². The second kappa shape index (κ2) is 11.1. The first-order chi connectivity index (χ1) is 14.6. The number of phenolic OH excluding ortho intramolecular Hbond substituents is 1. The van der Waals surface area contributed by atoms with Gasteiger partial charge in [0.05, 0.1) is 13.5 Å². The minimum atomic E-state index is -0.653. The molecule has 0 fully saturated rings. The highest BCUT2D eigenvalue weighted by molar-refractivity contribution is 5.70. The van der Waals surface area contributed by atoms with Crippen molar-refractivity contribution in [3.8, 4) is 5.75 Å². The number of halogens is 1. The number of esters is 1. The molecule has 162 valence electrons. The van der Waals surface area contributed by atoms with Crippen LogP contribution in [-0.2, 0) is 28.8 Å². The standard InChI is InChI=1S/C25H32FNO3/c1-30-25(29)17-19(20-13-15-24(28)22(26)16-20)9-4-2-3-5-10-21-14-12-18-8-6-7-11-23(18)27-21/h12-16,19,28H,2-11,17H2,1H3/t19-/m0/s1. The maximum Gasteiger partial charge on any atom is 0.306 e. The molecule has 1 heterocycles. The number of nitrogens with zero attached hydrogens (tertiary/aromatic N) is 1. The Kier molecular flexibility index (Phi) is 8.23.